The van der Waals surface area contributed by atoms with E-state index in [1.54, 1.807) is 24.0 Å². The number of aryl methyl sites for hydroxylation is 1. The number of aromatic nitrogens is 3. The van der Waals surface area contributed by atoms with Gasteiger partial charge in [-0.25, -0.2) is 9.67 Å². The second kappa shape index (κ2) is 10.2. The number of benzene rings is 1. The Balaban J connectivity index is 1.17. The van der Waals surface area contributed by atoms with E-state index in [1.165, 1.54) is 0 Å². The van der Waals surface area contributed by atoms with Gasteiger partial charge in [0.1, 0.15) is 12.4 Å². The molecule has 0 radical (unpaired) electrons. The summed E-state index contributed by atoms with van der Waals surface area (Å²) in [6.45, 7) is 4.40. The molecule has 0 saturated carbocycles. The number of hydrogen-bond acceptors (Lipinski definition) is 6. The Morgan fingerprint density at radius 3 is 2.59 bits per heavy atom. The highest BCUT2D eigenvalue weighted by Crippen LogP contribution is 2.20. The molecule has 1 aliphatic heterocycles. The standard InChI is InChI=1S/C23H28N6O3/c1-27-23-19(8-5-11-24-23)22(26-27)25-20(30)9-10-21(31)29-14-12-28(13-15-29)16-17-32-18-6-3-2-4-7-18/h2-8,11H,9-10,12-17H2,1H3,(H,25,26,30). The molecular weight excluding hydrogens is 408 g/mol. The molecule has 168 valence electrons. The van der Waals surface area contributed by atoms with Gasteiger partial charge in [-0.05, 0) is 24.3 Å². The molecule has 0 spiro atoms. The maximum atomic E-state index is 12.6. The van der Waals surface area contributed by atoms with Gasteiger partial charge in [0.25, 0.3) is 0 Å². The van der Waals surface area contributed by atoms with Crippen molar-refractivity contribution in [3.8, 4) is 5.75 Å². The number of piperazine rings is 1. The Kier molecular flexibility index (Phi) is 6.96. The van der Waals surface area contributed by atoms with E-state index in [0.717, 1.165) is 30.8 Å². The first-order valence-corrected chi connectivity index (χ1v) is 10.9. The predicted molar refractivity (Wildman–Crippen MR) is 121 cm³/mol. The summed E-state index contributed by atoms with van der Waals surface area (Å²) in [4.78, 5) is 33.3. The molecule has 3 heterocycles. The minimum absolute atomic E-state index is 0.00730. The average molecular weight is 437 g/mol. The Morgan fingerprint density at radius 2 is 1.81 bits per heavy atom. The Labute approximate surface area is 187 Å². The van der Waals surface area contributed by atoms with E-state index in [0.29, 0.717) is 31.2 Å². The van der Waals surface area contributed by atoms with Crippen molar-refractivity contribution in [2.24, 2.45) is 7.05 Å². The lowest BCUT2D eigenvalue weighted by Crippen LogP contribution is -2.49. The number of pyridine rings is 1. The highest BCUT2D eigenvalue weighted by Gasteiger charge is 2.22. The number of rotatable bonds is 8. The molecule has 1 aliphatic rings. The van der Waals surface area contributed by atoms with Crippen LogP contribution in [0.5, 0.6) is 5.75 Å². The summed E-state index contributed by atoms with van der Waals surface area (Å²) in [6.07, 6.45) is 2.00. The molecule has 0 unspecified atom stereocenters. The van der Waals surface area contributed by atoms with Crippen molar-refractivity contribution in [2.45, 2.75) is 12.8 Å². The zero-order valence-electron chi connectivity index (χ0n) is 18.2. The number of para-hydroxylation sites is 1. The highest BCUT2D eigenvalue weighted by molar-refractivity contribution is 5.99. The van der Waals surface area contributed by atoms with Gasteiger partial charge < -0.3 is 15.0 Å². The van der Waals surface area contributed by atoms with E-state index in [1.807, 2.05) is 41.3 Å². The summed E-state index contributed by atoms with van der Waals surface area (Å²) in [5, 5.41) is 7.89. The van der Waals surface area contributed by atoms with Crippen molar-refractivity contribution in [3.63, 3.8) is 0 Å². The fourth-order valence-corrected chi connectivity index (χ4v) is 3.79. The number of hydrogen-bond donors (Lipinski definition) is 1. The SMILES string of the molecule is Cn1nc(NC(=O)CCC(=O)N2CCN(CCOc3ccccc3)CC2)c2cccnc21. The minimum atomic E-state index is -0.223. The number of anilines is 1. The topological polar surface area (TPSA) is 92.6 Å². The van der Waals surface area contributed by atoms with Gasteiger partial charge >= 0.3 is 0 Å². The van der Waals surface area contributed by atoms with Crippen molar-refractivity contribution in [2.75, 3.05) is 44.6 Å². The molecule has 1 saturated heterocycles. The second-order valence-electron chi connectivity index (χ2n) is 7.78. The van der Waals surface area contributed by atoms with Gasteiger partial charge in [-0.3, -0.25) is 14.5 Å². The van der Waals surface area contributed by atoms with Crippen molar-refractivity contribution < 1.29 is 14.3 Å². The second-order valence-corrected chi connectivity index (χ2v) is 7.78. The van der Waals surface area contributed by atoms with Gasteiger partial charge in [-0.15, -0.1) is 0 Å². The van der Waals surface area contributed by atoms with Gasteiger partial charge in [0.2, 0.25) is 11.8 Å². The number of carbonyl (C=O) groups excluding carboxylic acids is 2. The van der Waals surface area contributed by atoms with Crippen molar-refractivity contribution in [1.29, 1.82) is 0 Å². The first-order chi connectivity index (χ1) is 15.6. The van der Waals surface area contributed by atoms with Crippen LogP contribution >= 0.6 is 0 Å². The highest BCUT2D eigenvalue weighted by atomic mass is 16.5. The number of fused-ring (bicyclic) bond motifs is 1. The van der Waals surface area contributed by atoms with Crippen LogP contribution in [0.2, 0.25) is 0 Å². The number of nitrogens with zero attached hydrogens (tertiary/aromatic N) is 5. The van der Waals surface area contributed by atoms with E-state index in [4.69, 9.17) is 4.74 Å². The van der Waals surface area contributed by atoms with Crippen LogP contribution in [0, 0.1) is 0 Å². The van der Waals surface area contributed by atoms with Gasteiger partial charge in [0.05, 0.1) is 5.39 Å². The van der Waals surface area contributed by atoms with E-state index in [9.17, 15) is 9.59 Å². The van der Waals surface area contributed by atoms with Gasteiger partial charge in [0, 0.05) is 58.8 Å². The lowest BCUT2D eigenvalue weighted by Gasteiger charge is -2.34. The Bertz CT molecular complexity index is 1060. The summed E-state index contributed by atoms with van der Waals surface area (Å²) < 4.78 is 7.37. The monoisotopic (exact) mass is 436 g/mol. The fourth-order valence-electron chi connectivity index (χ4n) is 3.79. The smallest absolute Gasteiger partial charge is 0.226 e. The molecule has 4 rings (SSSR count). The molecule has 2 amide bonds. The van der Waals surface area contributed by atoms with Crippen LogP contribution in [-0.2, 0) is 16.6 Å². The maximum absolute atomic E-state index is 12.6. The number of amides is 2. The average Bonchev–Trinajstić information content (AvgIpc) is 3.14. The summed E-state index contributed by atoms with van der Waals surface area (Å²) in [7, 11) is 1.78. The van der Waals surface area contributed by atoms with E-state index in [-0.39, 0.29) is 24.7 Å². The van der Waals surface area contributed by atoms with Gasteiger partial charge in [-0.1, -0.05) is 18.2 Å². The van der Waals surface area contributed by atoms with E-state index in [2.05, 4.69) is 20.3 Å². The molecule has 1 N–H and O–H groups in total. The quantitative estimate of drug-likeness (QED) is 0.580. The molecule has 32 heavy (non-hydrogen) atoms. The lowest BCUT2D eigenvalue weighted by molar-refractivity contribution is -0.134. The molecule has 3 aromatic rings. The lowest BCUT2D eigenvalue weighted by atomic mass is 10.2. The Hall–Kier alpha value is -3.46. The van der Waals surface area contributed by atoms with Crippen molar-refractivity contribution >= 4 is 28.7 Å². The molecule has 9 heteroatoms. The van der Waals surface area contributed by atoms with Crippen LogP contribution in [0.15, 0.2) is 48.7 Å². The van der Waals surface area contributed by atoms with Gasteiger partial charge in [0.15, 0.2) is 11.5 Å². The third-order valence-corrected chi connectivity index (χ3v) is 5.57. The van der Waals surface area contributed by atoms with Crippen LogP contribution in [0.25, 0.3) is 11.0 Å². The fraction of sp³-hybridized carbons (Fsp3) is 0.391. The first kappa shape index (κ1) is 21.8. The molecule has 1 fully saturated rings. The zero-order valence-corrected chi connectivity index (χ0v) is 18.2. The van der Waals surface area contributed by atoms with Crippen LogP contribution in [0.3, 0.4) is 0 Å². The molecule has 0 atom stereocenters. The summed E-state index contributed by atoms with van der Waals surface area (Å²) in [5.41, 5.74) is 0.700. The predicted octanol–water partition coefficient (Wildman–Crippen LogP) is 1.91. The van der Waals surface area contributed by atoms with Crippen molar-refractivity contribution in [3.05, 3.63) is 48.7 Å². The van der Waals surface area contributed by atoms with Crippen LogP contribution < -0.4 is 10.1 Å². The normalized spacial score (nSPS) is 14.5. The van der Waals surface area contributed by atoms with Gasteiger partial charge in [-0.2, -0.15) is 5.10 Å². The first-order valence-electron chi connectivity index (χ1n) is 10.9. The summed E-state index contributed by atoms with van der Waals surface area (Å²) in [5.74, 6) is 1.13. The van der Waals surface area contributed by atoms with Crippen LogP contribution in [0.4, 0.5) is 5.82 Å². The Morgan fingerprint density at radius 1 is 1.03 bits per heavy atom. The molecule has 0 bridgehead atoms. The summed E-state index contributed by atoms with van der Waals surface area (Å²) in [6, 6.07) is 13.4. The molecule has 9 nitrogen and oxygen atoms in total. The minimum Gasteiger partial charge on any atom is -0.492 e. The van der Waals surface area contributed by atoms with E-state index >= 15 is 0 Å². The number of carbonyl (C=O) groups is 2. The molecule has 2 aromatic heterocycles. The maximum Gasteiger partial charge on any atom is 0.226 e. The zero-order chi connectivity index (χ0) is 22.3. The largest absolute Gasteiger partial charge is 0.492 e. The number of ether oxygens (including phenoxy) is 1. The summed E-state index contributed by atoms with van der Waals surface area (Å²) >= 11 is 0. The molecular formula is C23H28N6O3. The number of nitrogens with one attached hydrogen (secondary N) is 1. The third-order valence-electron chi connectivity index (χ3n) is 5.57. The molecule has 1 aromatic carbocycles. The molecule has 0 aliphatic carbocycles. The van der Waals surface area contributed by atoms with E-state index < -0.39 is 0 Å². The third kappa shape index (κ3) is 5.42. The van der Waals surface area contributed by atoms with Crippen LogP contribution in [-0.4, -0.2) is 75.7 Å². The van der Waals surface area contributed by atoms with Crippen molar-refractivity contribution in [1.82, 2.24) is 24.6 Å². The van der Waals surface area contributed by atoms with Crippen LogP contribution in [0.1, 0.15) is 12.8 Å².